The molecule has 5 nitrogen and oxygen atoms in total. The lowest BCUT2D eigenvalue weighted by Crippen LogP contribution is -2.47. The number of nitrogens with one attached hydrogen (secondary N) is 1. The zero-order valence-corrected chi connectivity index (χ0v) is 13.0. The Hall–Kier alpha value is -1.88. The van der Waals surface area contributed by atoms with Crippen molar-refractivity contribution < 1.29 is 14.7 Å². The number of carbonyl (C=O) groups excluding carboxylic acids is 2. The summed E-state index contributed by atoms with van der Waals surface area (Å²) in [7, 11) is 1.62. The number of nitrogens with zero attached hydrogens (tertiary/aromatic N) is 1. The SMILES string of the molecule is CN(CC(=O)NC1CCCCC1CO)C(=O)c1ccccc1. The minimum atomic E-state index is -0.169. The van der Waals surface area contributed by atoms with Crippen molar-refractivity contribution in [1.29, 1.82) is 0 Å². The van der Waals surface area contributed by atoms with Gasteiger partial charge in [-0.2, -0.15) is 0 Å². The number of aliphatic hydroxyl groups is 1. The molecule has 120 valence electrons. The molecule has 2 rings (SSSR count). The molecule has 0 heterocycles. The minimum absolute atomic E-state index is 0.0199. The Morgan fingerprint density at radius 2 is 1.91 bits per heavy atom. The van der Waals surface area contributed by atoms with Gasteiger partial charge in [-0.1, -0.05) is 31.0 Å². The zero-order valence-electron chi connectivity index (χ0n) is 13.0. The van der Waals surface area contributed by atoms with Gasteiger partial charge in [0.2, 0.25) is 5.91 Å². The van der Waals surface area contributed by atoms with Gasteiger partial charge in [0.05, 0.1) is 6.54 Å². The van der Waals surface area contributed by atoms with Gasteiger partial charge in [0, 0.05) is 31.2 Å². The Labute approximate surface area is 131 Å². The molecule has 0 radical (unpaired) electrons. The number of hydrogen-bond acceptors (Lipinski definition) is 3. The predicted octanol–water partition coefficient (Wildman–Crippen LogP) is 1.43. The topological polar surface area (TPSA) is 69.6 Å². The standard InChI is InChI=1S/C17H24N2O3/c1-19(17(22)13-7-3-2-4-8-13)11-16(21)18-15-10-6-5-9-14(15)12-20/h2-4,7-8,14-15,20H,5-6,9-12H2,1H3,(H,18,21). The van der Waals surface area contributed by atoms with Gasteiger partial charge < -0.3 is 15.3 Å². The van der Waals surface area contributed by atoms with E-state index in [0.29, 0.717) is 5.56 Å². The molecule has 1 aliphatic rings. The number of amides is 2. The molecule has 2 atom stereocenters. The second-order valence-electron chi connectivity index (χ2n) is 5.93. The highest BCUT2D eigenvalue weighted by Crippen LogP contribution is 2.23. The molecule has 2 amide bonds. The summed E-state index contributed by atoms with van der Waals surface area (Å²) in [6.45, 7) is 0.131. The summed E-state index contributed by atoms with van der Waals surface area (Å²) in [5, 5.41) is 12.3. The van der Waals surface area contributed by atoms with Crippen molar-refractivity contribution in [2.24, 2.45) is 5.92 Å². The van der Waals surface area contributed by atoms with Gasteiger partial charge in [0.15, 0.2) is 0 Å². The molecule has 1 aromatic rings. The number of likely N-dealkylation sites (N-methyl/N-ethyl adjacent to an activating group) is 1. The Morgan fingerprint density at radius 1 is 1.23 bits per heavy atom. The second-order valence-corrected chi connectivity index (χ2v) is 5.93. The molecule has 0 saturated heterocycles. The minimum Gasteiger partial charge on any atom is -0.396 e. The Bertz CT molecular complexity index is 504. The first-order chi connectivity index (χ1) is 10.6. The number of hydrogen-bond donors (Lipinski definition) is 2. The van der Waals surface area contributed by atoms with E-state index in [1.165, 1.54) is 4.90 Å². The molecule has 1 saturated carbocycles. The van der Waals surface area contributed by atoms with Crippen molar-refractivity contribution in [2.45, 2.75) is 31.7 Å². The third-order valence-electron chi connectivity index (χ3n) is 4.24. The molecule has 2 unspecified atom stereocenters. The zero-order chi connectivity index (χ0) is 15.9. The van der Waals surface area contributed by atoms with Crippen LogP contribution in [-0.2, 0) is 4.79 Å². The first kappa shape index (κ1) is 16.5. The van der Waals surface area contributed by atoms with Gasteiger partial charge in [0.25, 0.3) is 5.91 Å². The van der Waals surface area contributed by atoms with E-state index in [1.54, 1.807) is 31.3 Å². The predicted molar refractivity (Wildman–Crippen MR) is 84.4 cm³/mol. The van der Waals surface area contributed by atoms with Crippen LogP contribution in [0.4, 0.5) is 0 Å². The number of carbonyl (C=O) groups is 2. The third-order valence-corrected chi connectivity index (χ3v) is 4.24. The van der Waals surface area contributed by atoms with Crippen molar-refractivity contribution in [1.82, 2.24) is 10.2 Å². The third kappa shape index (κ3) is 4.31. The molecule has 0 bridgehead atoms. The monoisotopic (exact) mass is 304 g/mol. The molecule has 0 aromatic heterocycles. The normalized spacial score (nSPS) is 21.2. The average molecular weight is 304 g/mol. The van der Waals surface area contributed by atoms with Gasteiger partial charge in [-0.3, -0.25) is 9.59 Å². The number of benzene rings is 1. The van der Waals surface area contributed by atoms with E-state index in [0.717, 1.165) is 25.7 Å². The summed E-state index contributed by atoms with van der Waals surface area (Å²) in [6.07, 6.45) is 4.01. The van der Waals surface area contributed by atoms with Gasteiger partial charge in [-0.25, -0.2) is 0 Å². The summed E-state index contributed by atoms with van der Waals surface area (Å²) in [4.78, 5) is 25.7. The molecule has 1 aliphatic carbocycles. The van der Waals surface area contributed by atoms with Crippen molar-refractivity contribution in [3.63, 3.8) is 0 Å². The Balaban J connectivity index is 1.87. The summed E-state index contributed by atoms with van der Waals surface area (Å²) < 4.78 is 0. The molecule has 0 aliphatic heterocycles. The maximum atomic E-state index is 12.2. The highest BCUT2D eigenvalue weighted by molar-refractivity contribution is 5.96. The van der Waals surface area contributed by atoms with Gasteiger partial charge in [-0.15, -0.1) is 0 Å². The highest BCUT2D eigenvalue weighted by atomic mass is 16.3. The number of aliphatic hydroxyl groups excluding tert-OH is 1. The lowest BCUT2D eigenvalue weighted by molar-refractivity contribution is -0.123. The van der Waals surface area contributed by atoms with Crippen LogP contribution in [0.3, 0.4) is 0 Å². The van der Waals surface area contributed by atoms with Crippen molar-refractivity contribution in [3.05, 3.63) is 35.9 Å². The Kier molecular flexibility index (Phi) is 5.95. The molecular weight excluding hydrogens is 280 g/mol. The Morgan fingerprint density at radius 3 is 2.59 bits per heavy atom. The second kappa shape index (κ2) is 7.94. The molecular formula is C17H24N2O3. The van der Waals surface area contributed by atoms with Crippen LogP contribution in [0.5, 0.6) is 0 Å². The van der Waals surface area contributed by atoms with Crippen molar-refractivity contribution >= 4 is 11.8 Å². The first-order valence-corrected chi connectivity index (χ1v) is 7.82. The summed E-state index contributed by atoms with van der Waals surface area (Å²) >= 11 is 0. The van der Waals surface area contributed by atoms with E-state index < -0.39 is 0 Å². The van der Waals surface area contributed by atoms with E-state index >= 15 is 0 Å². The van der Waals surface area contributed by atoms with Crippen LogP contribution >= 0.6 is 0 Å². The molecule has 1 aromatic carbocycles. The lowest BCUT2D eigenvalue weighted by atomic mass is 9.85. The van der Waals surface area contributed by atoms with Crippen molar-refractivity contribution in [2.75, 3.05) is 20.2 Å². The fourth-order valence-corrected chi connectivity index (χ4v) is 2.96. The maximum Gasteiger partial charge on any atom is 0.254 e. The molecule has 2 N–H and O–H groups in total. The van der Waals surface area contributed by atoms with E-state index in [9.17, 15) is 14.7 Å². The van der Waals surface area contributed by atoms with Crippen LogP contribution in [0.25, 0.3) is 0 Å². The molecule has 5 heteroatoms. The van der Waals surface area contributed by atoms with Crippen LogP contribution in [-0.4, -0.2) is 48.1 Å². The number of rotatable bonds is 5. The van der Waals surface area contributed by atoms with Crippen LogP contribution in [0.2, 0.25) is 0 Å². The van der Waals surface area contributed by atoms with E-state index in [1.807, 2.05) is 6.07 Å². The van der Waals surface area contributed by atoms with Crippen molar-refractivity contribution in [3.8, 4) is 0 Å². The maximum absolute atomic E-state index is 12.2. The average Bonchev–Trinajstić information content (AvgIpc) is 2.55. The van der Waals surface area contributed by atoms with Crippen LogP contribution in [0.15, 0.2) is 30.3 Å². The van der Waals surface area contributed by atoms with Gasteiger partial charge in [-0.05, 0) is 25.0 Å². The van der Waals surface area contributed by atoms with E-state index in [4.69, 9.17) is 0 Å². The smallest absolute Gasteiger partial charge is 0.254 e. The quantitative estimate of drug-likeness (QED) is 0.864. The van der Waals surface area contributed by atoms with Crippen LogP contribution in [0.1, 0.15) is 36.0 Å². The largest absolute Gasteiger partial charge is 0.396 e. The fourth-order valence-electron chi connectivity index (χ4n) is 2.96. The summed E-state index contributed by atoms with van der Waals surface area (Å²) in [5.41, 5.74) is 0.573. The summed E-state index contributed by atoms with van der Waals surface area (Å²) in [5.74, 6) is -0.205. The fraction of sp³-hybridized carbons (Fsp3) is 0.529. The highest BCUT2D eigenvalue weighted by Gasteiger charge is 2.26. The molecule has 1 fully saturated rings. The molecule has 22 heavy (non-hydrogen) atoms. The van der Waals surface area contributed by atoms with E-state index in [2.05, 4.69) is 5.32 Å². The lowest BCUT2D eigenvalue weighted by Gasteiger charge is -2.31. The van der Waals surface area contributed by atoms with Crippen LogP contribution in [0, 0.1) is 5.92 Å². The van der Waals surface area contributed by atoms with E-state index in [-0.39, 0.29) is 36.9 Å². The van der Waals surface area contributed by atoms with Crippen LogP contribution < -0.4 is 5.32 Å². The first-order valence-electron chi connectivity index (χ1n) is 7.82. The van der Waals surface area contributed by atoms with Gasteiger partial charge >= 0.3 is 0 Å². The van der Waals surface area contributed by atoms with Gasteiger partial charge in [0.1, 0.15) is 0 Å². The summed E-state index contributed by atoms with van der Waals surface area (Å²) in [6, 6.07) is 8.94. The molecule has 0 spiro atoms.